The lowest BCUT2D eigenvalue weighted by atomic mass is 10.1. The summed E-state index contributed by atoms with van der Waals surface area (Å²) >= 11 is 2.18. The summed E-state index contributed by atoms with van der Waals surface area (Å²) in [6.07, 6.45) is 2.53. The van der Waals surface area contributed by atoms with Gasteiger partial charge in [-0.3, -0.25) is 0 Å². The first kappa shape index (κ1) is 9.36. The van der Waals surface area contributed by atoms with Crippen molar-refractivity contribution in [2.75, 3.05) is 11.0 Å². The molecule has 0 fully saturated rings. The molecule has 0 heterocycles. The fourth-order valence-electron chi connectivity index (χ4n) is 0.535. The maximum absolute atomic E-state index is 10.2. The Morgan fingerprint density at radius 1 is 1.67 bits per heavy atom. The number of carbonyl (C=O) groups is 1. The van der Waals surface area contributed by atoms with E-state index >= 15 is 0 Å². The minimum absolute atomic E-state index is 0.151. The van der Waals surface area contributed by atoms with Crippen LogP contribution < -0.4 is 0 Å². The summed E-state index contributed by atoms with van der Waals surface area (Å²) in [7, 11) is 0. The molecule has 1 unspecified atom stereocenters. The predicted molar refractivity (Wildman–Crippen MR) is 44.8 cm³/mol. The van der Waals surface area contributed by atoms with E-state index in [1.807, 2.05) is 0 Å². The maximum Gasteiger partial charge on any atom is 0.123 e. The van der Waals surface area contributed by atoms with Crippen LogP contribution in [0, 0.1) is 5.92 Å². The van der Waals surface area contributed by atoms with Crippen molar-refractivity contribution in [1.82, 2.24) is 0 Å². The Balaban J connectivity index is 3.20. The Morgan fingerprint density at radius 2 is 2.33 bits per heavy atom. The van der Waals surface area contributed by atoms with E-state index in [2.05, 4.69) is 22.6 Å². The van der Waals surface area contributed by atoms with Crippen LogP contribution in [-0.4, -0.2) is 22.4 Å². The number of alkyl halides is 1. The maximum atomic E-state index is 10.2. The molecule has 1 atom stereocenters. The first-order valence-electron chi connectivity index (χ1n) is 2.97. The van der Waals surface area contributed by atoms with Crippen LogP contribution >= 0.6 is 22.6 Å². The Labute approximate surface area is 68.8 Å². The Bertz CT molecular complexity index is 75.5. The minimum Gasteiger partial charge on any atom is -0.396 e. The number of halogens is 1. The number of hydrogen-bond acceptors (Lipinski definition) is 2. The van der Waals surface area contributed by atoms with Gasteiger partial charge >= 0.3 is 0 Å². The molecule has 0 aromatic heterocycles. The van der Waals surface area contributed by atoms with Crippen LogP contribution in [0.4, 0.5) is 0 Å². The van der Waals surface area contributed by atoms with Gasteiger partial charge in [-0.05, 0) is 12.8 Å². The van der Waals surface area contributed by atoms with Gasteiger partial charge in [-0.25, -0.2) is 0 Å². The zero-order valence-electron chi connectivity index (χ0n) is 5.22. The van der Waals surface area contributed by atoms with Crippen LogP contribution in [0.2, 0.25) is 0 Å². The molecule has 0 aromatic carbocycles. The van der Waals surface area contributed by atoms with E-state index in [1.54, 1.807) is 0 Å². The van der Waals surface area contributed by atoms with Gasteiger partial charge in [0.05, 0.1) is 0 Å². The molecule has 2 nitrogen and oxygen atoms in total. The zero-order valence-corrected chi connectivity index (χ0v) is 7.37. The molecule has 0 aliphatic rings. The first-order chi connectivity index (χ1) is 4.35. The van der Waals surface area contributed by atoms with Gasteiger partial charge in [-0.15, -0.1) is 0 Å². The van der Waals surface area contributed by atoms with E-state index in [1.165, 1.54) is 0 Å². The average Bonchev–Trinajstić information content (AvgIpc) is 1.91. The molecule has 9 heavy (non-hydrogen) atoms. The molecule has 54 valence electrons. The lowest BCUT2D eigenvalue weighted by molar-refractivity contribution is -0.110. The fourth-order valence-corrected chi connectivity index (χ4v) is 1.18. The largest absolute Gasteiger partial charge is 0.396 e. The van der Waals surface area contributed by atoms with Crippen molar-refractivity contribution in [3.05, 3.63) is 0 Å². The van der Waals surface area contributed by atoms with Crippen molar-refractivity contribution in [2.45, 2.75) is 12.8 Å². The summed E-state index contributed by atoms with van der Waals surface area (Å²) < 4.78 is 0.862. The van der Waals surface area contributed by atoms with Crippen molar-refractivity contribution in [2.24, 2.45) is 5.92 Å². The second-order valence-corrected chi connectivity index (χ2v) is 2.80. The van der Waals surface area contributed by atoms with Crippen LogP contribution in [0.5, 0.6) is 0 Å². The highest BCUT2D eigenvalue weighted by molar-refractivity contribution is 14.1. The van der Waals surface area contributed by atoms with Crippen molar-refractivity contribution in [3.8, 4) is 0 Å². The Hall–Kier alpha value is 0.360. The molecule has 0 aliphatic heterocycles. The number of carbonyl (C=O) groups excluding carboxylic acids is 1. The van der Waals surface area contributed by atoms with Gasteiger partial charge in [0.25, 0.3) is 0 Å². The van der Waals surface area contributed by atoms with Crippen LogP contribution in [0.1, 0.15) is 12.8 Å². The molecule has 0 spiro atoms. The topological polar surface area (TPSA) is 37.3 Å². The molecule has 0 amide bonds. The van der Waals surface area contributed by atoms with Gasteiger partial charge in [0.2, 0.25) is 0 Å². The third-order valence-corrected chi connectivity index (χ3v) is 2.26. The van der Waals surface area contributed by atoms with Gasteiger partial charge < -0.3 is 9.90 Å². The highest BCUT2D eigenvalue weighted by Crippen LogP contribution is 2.05. The zero-order chi connectivity index (χ0) is 7.11. The summed E-state index contributed by atoms with van der Waals surface area (Å²) in [5, 5.41) is 8.39. The highest BCUT2D eigenvalue weighted by Gasteiger charge is 2.02. The third kappa shape index (κ3) is 4.84. The summed E-state index contributed by atoms with van der Waals surface area (Å²) in [4.78, 5) is 10.2. The van der Waals surface area contributed by atoms with Crippen LogP contribution in [0.3, 0.4) is 0 Å². The van der Waals surface area contributed by atoms with Crippen LogP contribution in [0.15, 0.2) is 0 Å². The summed E-state index contributed by atoms with van der Waals surface area (Å²) in [6.45, 7) is 0.195. The number of hydrogen-bond donors (Lipinski definition) is 1. The summed E-state index contributed by atoms with van der Waals surface area (Å²) in [5.74, 6) is 0.151. The predicted octanol–water partition coefficient (Wildman–Crippen LogP) is 1.01. The van der Waals surface area contributed by atoms with Crippen LogP contribution in [0.25, 0.3) is 0 Å². The Morgan fingerprint density at radius 3 is 2.67 bits per heavy atom. The summed E-state index contributed by atoms with van der Waals surface area (Å²) in [5.41, 5.74) is 0. The second kappa shape index (κ2) is 6.48. The quantitative estimate of drug-likeness (QED) is 0.443. The number of rotatable bonds is 5. The lowest BCUT2D eigenvalue weighted by Crippen LogP contribution is -2.03. The number of aliphatic hydroxyl groups excluding tert-OH is 1. The summed E-state index contributed by atoms with van der Waals surface area (Å²) in [6, 6.07) is 0. The molecule has 0 rings (SSSR count). The molecular weight excluding hydrogens is 231 g/mol. The van der Waals surface area contributed by atoms with Crippen LogP contribution in [-0.2, 0) is 4.79 Å². The van der Waals surface area contributed by atoms with E-state index in [4.69, 9.17) is 5.11 Å². The molecule has 0 radical (unpaired) electrons. The molecular formula is C6H11IO2. The number of aliphatic hydroxyl groups is 1. The standard InChI is InChI=1S/C6H11IO2/c7-4-6(5-9)2-1-3-8/h5-6,8H,1-4H2. The van der Waals surface area contributed by atoms with Gasteiger partial charge in [0, 0.05) is 17.0 Å². The van der Waals surface area contributed by atoms with Gasteiger partial charge in [0.1, 0.15) is 6.29 Å². The molecule has 0 saturated carbocycles. The molecule has 3 heteroatoms. The van der Waals surface area contributed by atoms with E-state index in [0.717, 1.165) is 23.6 Å². The molecule has 0 bridgehead atoms. The van der Waals surface area contributed by atoms with Crippen molar-refractivity contribution < 1.29 is 9.90 Å². The monoisotopic (exact) mass is 242 g/mol. The van der Waals surface area contributed by atoms with E-state index < -0.39 is 0 Å². The van der Waals surface area contributed by atoms with E-state index in [9.17, 15) is 4.79 Å². The molecule has 0 aromatic rings. The average molecular weight is 242 g/mol. The fraction of sp³-hybridized carbons (Fsp3) is 0.833. The number of aldehydes is 1. The van der Waals surface area contributed by atoms with Gasteiger partial charge in [-0.1, -0.05) is 22.6 Å². The van der Waals surface area contributed by atoms with Crippen molar-refractivity contribution in [3.63, 3.8) is 0 Å². The van der Waals surface area contributed by atoms with Gasteiger partial charge in [0.15, 0.2) is 0 Å². The highest BCUT2D eigenvalue weighted by atomic mass is 127. The second-order valence-electron chi connectivity index (χ2n) is 1.92. The molecule has 0 saturated heterocycles. The lowest BCUT2D eigenvalue weighted by Gasteiger charge is -2.01. The van der Waals surface area contributed by atoms with E-state index in [0.29, 0.717) is 0 Å². The van der Waals surface area contributed by atoms with Crippen molar-refractivity contribution in [1.29, 1.82) is 0 Å². The Kier molecular flexibility index (Phi) is 6.74. The third-order valence-electron chi connectivity index (χ3n) is 1.12. The van der Waals surface area contributed by atoms with E-state index in [-0.39, 0.29) is 12.5 Å². The minimum atomic E-state index is 0.151. The normalized spacial score (nSPS) is 13.1. The molecule has 0 aliphatic carbocycles. The van der Waals surface area contributed by atoms with Crippen molar-refractivity contribution >= 4 is 28.9 Å². The van der Waals surface area contributed by atoms with Gasteiger partial charge in [-0.2, -0.15) is 0 Å². The molecule has 1 N–H and O–H groups in total. The SMILES string of the molecule is O=CC(CI)CCCO. The smallest absolute Gasteiger partial charge is 0.123 e. The first-order valence-corrected chi connectivity index (χ1v) is 4.49.